The molecule has 1 amide bonds. The average Bonchev–Trinajstić information content (AvgIpc) is 2.63. The second-order valence-electron chi connectivity index (χ2n) is 5.04. The largest absolute Gasteiger partial charge is 0.337 e. The van der Waals surface area contributed by atoms with E-state index in [2.05, 4.69) is 5.32 Å². The molecule has 1 heterocycles. The van der Waals surface area contributed by atoms with Crippen molar-refractivity contribution >= 4 is 23.0 Å². The molecule has 1 aliphatic rings. The second-order valence-corrected chi connectivity index (χ2v) is 5.04. The molecule has 0 fully saturated rings. The zero-order valence-electron chi connectivity index (χ0n) is 11.5. The Balaban J connectivity index is 2.16. The highest BCUT2D eigenvalue weighted by atomic mass is 19.2. The molecule has 0 aliphatic carbocycles. The summed E-state index contributed by atoms with van der Waals surface area (Å²) in [5, 5.41) is 2.61. The quantitative estimate of drug-likeness (QED) is 0.866. The Morgan fingerprint density at radius 3 is 2.52 bits per heavy atom. The molecule has 0 spiro atoms. The summed E-state index contributed by atoms with van der Waals surface area (Å²) in [6.07, 6.45) is 0.212. The van der Waals surface area contributed by atoms with Crippen LogP contribution in [0, 0.1) is 18.6 Å². The van der Waals surface area contributed by atoms with Crippen molar-refractivity contribution in [2.45, 2.75) is 13.3 Å². The van der Waals surface area contributed by atoms with Crippen molar-refractivity contribution < 1.29 is 13.6 Å². The monoisotopic (exact) mass is 288 g/mol. The zero-order valence-corrected chi connectivity index (χ0v) is 11.5. The molecule has 3 nitrogen and oxygen atoms in total. The van der Waals surface area contributed by atoms with E-state index in [0.29, 0.717) is 6.54 Å². The van der Waals surface area contributed by atoms with Gasteiger partial charge in [-0.25, -0.2) is 8.78 Å². The summed E-state index contributed by atoms with van der Waals surface area (Å²) in [7, 11) is 0. The van der Waals surface area contributed by atoms with E-state index in [9.17, 15) is 13.6 Å². The molecule has 2 aromatic rings. The number of halogens is 2. The predicted octanol–water partition coefficient (Wildman–Crippen LogP) is 3.75. The Morgan fingerprint density at radius 1 is 1.10 bits per heavy atom. The highest BCUT2D eigenvalue weighted by molar-refractivity contribution is 5.97. The summed E-state index contributed by atoms with van der Waals surface area (Å²) < 4.78 is 27.8. The molecule has 2 aromatic carbocycles. The SMILES string of the molecule is Cc1ccc(N2CCC(=O)Nc3ccc(F)c(F)c32)cc1. The lowest BCUT2D eigenvalue weighted by molar-refractivity contribution is -0.115. The fourth-order valence-corrected chi connectivity index (χ4v) is 2.43. The Labute approximate surface area is 121 Å². The Hall–Kier alpha value is -2.43. The fraction of sp³-hybridized carbons (Fsp3) is 0.188. The lowest BCUT2D eigenvalue weighted by Crippen LogP contribution is -2.20. The fourth-order valence-electron chi connectivity index (χ4n) is 2.43. The molecule has 0 aromatic heterocycles. The van der Waals surface area contributed by atoms with Gasteiger partial charge < -0.3 is 10.2 Å². The Morgan fingerprint density at radius 2 is 1.81 bits per heavy atom. The normalized spacial score (nSPS) is 14.4. The van der Waals surface area contributed by atoms with Gasteiger partial charge in [-0.3, -0.25) is 4.79 Å². The van der Waals surface area contributed by atoms with Crippen molar-refractivity contribution in [1.82, 2.24) is 0 Å². The van der Waals surface area contributed by atoms with Gasteiger partial charge >= 0.3 is 0 Å². The van der Waals surface area contributed by atoms with E-state index in [4.69, 9.17) is 0 Å². The van der Waals surface area contributed by atoms with Crippen molar-refractivity contribution in [1.29, 1.82) is 0 Å². The van der Waals surface area contributed by atoms with Gasteiger partial charge in [-0.15, -0.1) is 0 Å². The summed E-state index contributed by atoms with van der Waals surface area (Å²) in [5.41, 5.74) is 2.16. The maximum absolute atomic E-state index is 14.2. The average molecular weight is 288 g/mol. The topological polar surface area (TPSA) is 32.3 Å². The van der Waals surface area contributed by atoms with Gasteiger partial charge in [-0.1, -0.05) is 17.7 Å². The molecular weight excluding hydrogens is 274 g/mol. The predicted molar refractivity (Wildman–Crippen MR) is 77.8 cm³/mol. The first-order chi connectivity index (χ1) is 10.1. The third-order valence-electron chi connectivity index (χ3n) is 3.52. The van der Waals surface area contributed by atoms with Crippen LogP contribution in [0.25, 0.3) is 0 Å². The van der Waals surface area contributed by atoms with Gasteiger partial charge in [0, 0.05) is 18.7 Å². The van der Waals surface area contributed by atoms with E-state index in [0.717, 1.165) is 17.3 Å². The molecule has 1 aliphatic heterocycles. The van der Waals surface area contributed by atoms with E-state index >= 15 is 0 Å². The number of hydrogen-bond acceptors (Lipinski definition) is 2. The van der Waals surface area contributed by atoms with Gasteiger partial charge in [-0.2, -0.15) is 0 Å². The standard InChI is InChI=1S/C16H14F2N2O/c1-10-2-4-11(5-3-10)20-9-8-14(21)19-13-7-6-12(17)15(18)16(13)20/h2-7H,8-9H2,1H3,(H,19,21). The molecular formula is C16H14F2N2O. The number of benzene rings is 2. The number of rotatable bonds is 1. The van der Waals surface area contributed by atoms with Crippen molar-refractivity contribution in [3.8, 4) is 0 Å². The molecule has 108 valence electrons. The second kappa shape index (κ2) is 5.16. The Bertz CT molecular complexity index is 698. The van der Waals surface area contributed by atoms with Crippen LogP contribution in [0.1, 0.15) is 12.0 Å². The van der Waals surface area contributed by atoms with Crippen LogP contribution >= 0.6 is 0 Å². The molecule has 21 heavy (non-hydrogen) atoms. The van der Waals surface area contributed by atoms with Crippen LogP contribution < -0.4 is 10.2 Å². The third kappa shape index (κ3) is 2.46. The lowest BCUT2D eigenvalue weighted by atomic mass is 10.1. The Kier molecular flexibility index (Phi) is 3.33. The minimum atomic E-state index is -0.949. The van der Waals surface area contributed by atoms with E-state index < -0.39 is 11.6 Å². The zero-order chi connectivity index (χ0) is 15.0. The van der Waals surface area contributed by atoms with Gasteiger partial charge in [-0.05, 0) is 31.2 Å². The number of carbonyl (C=O) groups excluding carboxylic acids is 1. The molecule has 0 saturated carbocycles. The van der Waals surface area contributed by atoms with E-state index in [1.165, 1.54) is 6.07 Å². The number of nitrogens with zero attached hydrogens (tertiary/aromatic N) is 1. The summed E-state index contributed by atoms with van der Waals surface area (Å²) >= 11 is 0. The van der Waals surface area contributed by atoms with Crippen LogP contribution in [-0.4, -0.2) is 12.5 Å². The molecule has 0 unspecified atom stereocenters. The molecule has 1 N–H and O–H groups in total. The first-order valence-electron chi connectivity index (χ1n) is 6.68. The first kappa shape index (κ1) is 13.5. The number of fused-ring (bicyclic) bond motifs is 1. The molecule has 5 heteroatoms. The number of nitrogens with one attached hydrogen (secondary N) is 1. The van der Waals surface area contributed by atoms with Crippen LogP contribution in [0.15, 0.2) is 36.4 Å². The van der Waals surface area contributed by atoms with Gasteiger partial charge in [0.05, 0.1) is 5.69 Å². The number of hydrogen-bond donors (Lipinski definition) is 1. The lowest BCUT2D eigenvalue weighted by Gasteiger charge is -2.25. The number of amides is 1. The minimum absolute atomic E-state index is 0.0738. The van der Waals surface area contributed by atoms with Crippen LogP contribution in [0.3, 0.4) is 0 Å². The van der Waals surface area contributed by atoms with Gasteiger partial charge in [0.25, 0.3) is 0 Å². The van der Waals surface area contributed by atoms with Crippen molar-refractivity contribution in [3.63, 3.8) is 0 Å². The van der Waals surface area contributed by atoms with Gasteiger partial charge in [0.15, 0.2) is 11.6 Å². The molecule has 3 rings (SSSR count). The van der Waals surface area contributed by atoms with E-state index in [1.54, 1.807) is 4.90 Å². The van der Waals surface area contributed by atoms with Crippen molar-refractivity contribution in [2.75, 3.05) is 16.8 Å². The molecule has 0 bridgehead atoms. The first-order valence-corrected chi connectivity index (χ1v) is 6.68. The van der Waals surface area contributed by atoms with Crippen LogP contribution in [-0.2, 0) is 4.79 Å². The van der Waals surface area contributed by atoms with Crippen LogP contribution in [0.5, 0.6) is 0 Å². The summed E-state index contributed by atoms with van der Waals surface area (Å²) in [6, 6.07) is 9.86. The van der Waals surface area contributed by atoms with E-state index in [-0.39, 0.29) is 23.7 Å². The van der Waals surface area contributed by atoms with Crippen LogP contribution in [0.4, 0.5) is 25.8 Å². The van der Waals surface area contributed by atoms with Gasteiger partial charge in [0.1, 0.15) is 5.69 Å². The number of anilines is 3. The minimum Gasteiger partial charge on any atom is -0.337 e. The maximum atomic E-state index is 14.2. The number of aryl methyl sites for hydroxylation is 1. The highest BCUT2D eigenvalue weighted by Gasteiger charge is 2.25. The molecule has 0 saturated heterocycles. The van der Waals surface area contributed by atoms with Crippen molar-refractivity contribution in [3.05, 3.63) is 53.6 Å². The van der Waals surface area contributed by atoms with Crippen molar-refractivity contribution in [2.24, 2.45) is 0 Å². The maximum Gasteiger partial charge on any atom is 0.226 e. The highest BCUT2D eigenvalue weighted by Crippen LogP contribution is 2.37. The summed E-state index contributed by atoms with van der Waals surface area (Å²) in [5.74, 6) is -2.09. The smallest absolute Gasteiger partial charge is 0.226 e. The summed E-state index contributed by atoms with van der Waals surface area (Å²) in [6.45, 7) is 2.24. The number of carbonyl (C=O) groups is 1. The van der Waals surface area contributed by atoms with Gasteiger partial charge in [0.2, 0.25) is 5.91 Å². The van der Waals surface area contributed by atoms with Crippen LogP contribution in [0.2, 0.25) is 0 Å². The molecule has 0 atom stereocenters. The summed E-state index contributed by atoms with van der Waals surface area (Å²) in [4.78, 5) is 13.3. The van der Waals surface area contributed by atoms with E-state index in [1.807, 2.05) is 31.2 Å². The molecule has 0 radical (unpaired) electrons. The third-order valence-corrected chi connectivity index (χ3v) is 3.52.